The molecule has 232 valence electrons. The van der Waals surface area contributed by atoms with Crippen LogP contribution in [0.15, 0.2) is 60.9 Å². The Kier molecular flexibility index (Phi) is 7.71. The number of amides is 2. The van der Waals surface area contributed by atoms with E-state index in [0.29, 0.717) is 46.2 Å². The fourth-order valence-corrected chi connectivity index (χ4v) is 7.15. The second kappa shape index (κ2) is 11.7. The fraction of sp³-hybridized carbons (Fsp3) is 0.176. The van der Waals surface area contributed by atoms with Gasteiger partial charge < -0.3 is 19.8 Å². The number of aromatic nitrogens is 4. The number of carbonyl (C=O) groups excluding carboxylic acids is 2. The van der Waals surface area contributed by atoms with Crippen LogP contribution in [0.1, 0.15) is 32.1 Å². The van der Waals surface area contributed by atoms with E-state index in [1.165, 1.54) is 12.3 Å². The van der Waals surface area contributed by atoms with Crippen LogP contribution in [0.3, 0.4) is 0 Å². The first kappa shape index (κ1) is 30.2. The molecule has 0 aliphatic carbocycles. The van der Waals surface area contributed by atoms with Gasteiger partial charge in [-0.2, -0.15) is 4.39 Å². The molecule has 6 aromatic rings. The Hall–Kier alpha value is -4.44. The number of rotatable bonds is 2. The number of fused-ring (bicyclic) bond motifs is 6. The quantitative estimate of drug-likeness (QED) is 0.185. The Morgan fingerprint density at radius 2 is 1.26 bits per heavy atom. The molecule has 8 rings (SSSR count). The van der Waals surface area contributed by atoms with Gasteiger partial charge in [0.25, 0.3) is 11.8 Å². The van der Waals surface area contributed by atoms with Crippen LogP contribution >= 0.6 is 34.8 Å². The Balaban J connectivity index is 0.000000147. The standard InChI is InChI=1S/C17H13Cl2N3O.C17H13ClFN3O/c1-9-12-7-11(18)8-13(10-2-3-20-14(19)6-10)16(12)22-5-4-21-17(23)15(9)22;1-9-12-6-11(18)7-13(10-2-3-14(19)21-8-10)16(12)22-5-4-20-17(23)15(9)22/h2-3,6-8H,4-5H2,1H3,(H,21,23);2-3,6-8H,4-5H2,1H3,(H,20,23). The van der Waals surface area contributed by atoms with E-state index in [1.54, 1.807) is 12.3 Å². The molecule has 4 aromatic heterocycles. The minimum atomic E-state index is -0.528. The summed E-state index contributed by atoms with van der Waals surface area (Å²) in [5, 5.41) is 9.32. The van der Waals surface area contributed by atoms with Crippen LogP contribution in [0.4, 0.5) is 4.39 Å². The monoisotopic (exact) mass is 674 g/mol. The van der Waals surface area contributed by atoms with E-state index < -0.39 is 5.95 Å². The molecule has 0 atom stereocenters. The van der Waals surface area contributed by atoms with Crippen molar-refractivity contribution in [3.63, 3.8) is 0 Å². The van der Waals surface area contributed by atoms with Crippen molar-refractivity contribution in [2.24, 2.45) is 0 Å². The van der Waals surface area contributed by atoms with Gasteiger partial charge in [-0.25, -0.2) is 9.97 Å². The lowest BCUT2D eigenvalue weighted by Gasteiger charge is -2.18. The van der Waals surface area contributed by atoms with Gasteiger partial charge >= 0.3 is 0 Å². The van der Waals surface area contributed by atoms with Gasteiger partial charge in [0.2, 0.25) is 5.95 Å². The molecule has 2 aliphatic heterocycles. The largest absolute Gasteiger partial charge is 0.349 e. The second-order valence-corrected chi connectivity index (χ2v) is 12.5. The number of nitrogens with one attached hydrogen (secondary N) is 2. The molecule has 0 radical (unpaired) electrons. The number of nitrogens with zero attached hydrogens (tertiary/aromatic N) is 4. The van der Waals surface area contributed by atoms with Gasteiger partial charge in [0.1, 0.15) is 16.5 Å². The Bertz CT molecular complexity index is 2230. The van der Waals surface area contributed by atoms with E-state index in [9.17, 15) is 14.0 Å². The molecule has 0 bridgehead atoms. The van der Waals surface area contributed by atoms with E-state index in [0.717, 1.165) is 61.7 Å². The van der Waals surface area contributed by atoms with Crippen molar-refractivity contribution in [1.29, 1.82) is 0 Å². The highest BCUT2D eigenvalue weighted by Crippen LogP contribution is 2.39. The maximum Gasteiger partial charge on any atom is 0.268 e. The molecule has 0 saturated heterocycles. The predicted molar refractivity (Wildman–Crippen MR) is 179 cm³/mol. The van der Waals surface area contributed by atoms with Crippen LogP contribution in [0.2, 0.25) is 15.2 Å². The zero-order valence-corrected chi connectivity index (χ0v) is 27.0. The molecule has 2 aromatic carbocycles. The average molecular weight is 676 g/mol. The van der Waals surface area contributed by atoms with Crippen LogP contribution in [-0.2, 0) is 13.1 Å². The average Bonchev–Trinajstić information content (AvgIpc) is 3.49. The van der Waals surface area contributed by atoms with Crippen molar-refractivity contribution in [2.75, 3.05) is 13.1 Å². The van der Waals surface area contributed by atoms with Gasteiger partial charge in [-0.15, -0.1) is 0 Å². The lowest BCUT2D eigenvalue weighted by molar-refractivity contribution is 0.0920. The summed E-state index contributed by atoms with van der Waals surface area (Å²) in [5.74, 6) is -0.649. The Labute approximate surface area is 278 Å². The van der Waals surface area contributed by atoms with Crippen LogP contribution in [-0.4, -0.2) is 44.0 Å². The summed E-state index contributed by atoms with van der Waals surface area (Å²) in [6.45, 7) is 6.50. The molecule has 0 fully saturated rings. The summed E-state index contributed by atoms with van der Waals surface area (Å²) in [5.41, 5.74) is 8.67. The van der Waals surface area contributed by atoms with Crippen molar-refractivity contribution in [2.45, 2.75) is 26.9 Å². The first-order chi connectivity index (χ1) is 22.1. The third-order valence-electron chi connectivity index (χ3n) is 8.50. The van der Waals surface area contributed by atoms with Crippen LogP contribution in [0.25, 0.3) is 44.1 Å². The molecule has 0 unspecified atom stereocenters. The topological polar surface area (TPSA) is 93.8 Å². The summed E-state index contributed by atoms with van der Waals surface area (Å²) < 4.78 is 17.2. The van der Waals surface area contributed by atoms with E-state index in [-0.39, 0.29) is 11.8 Å². The van der Waals surface area contributed by atoms with Gasteiger partial charge in [0, 0.05) is 76.1 Å². The normalized spacial score (nSPS) is 14.0. The predicted octanol–water partition coefficient (Wildman–Crippen LogP) is 7.61. The number of hydrogen-bond acceptors (Lipinski definition) is 4. The van der Waals surface area contributed by atoms with Gasteiger partial charge in [-0.3, -0.25) is 9.59 Å². The summed E-state index contributed by atoms with van der Waals surface area (Å²) in [4.78, 5) is 32.3. The van der Waals surface area contributed by atoms with E-state index >= 15 is 0 Å². The molecule has 8 nitrogen and oxygen atoms in total. The van der Waals surface area contributed by atoms with Crippen molar-refractivity contribution in [3.8, 4) is 22.3 Å². The van der Waals surface area contributed by atoms with Crippen molar-refractivity contribution in [3.05, 3.63) is 105 Å². The minimum Gasteiger partial charge on any atom is -0.349 e. The summed E-state index contributed by atoms with van der Waals surface area (Å²) in [6, 6.07) is 14.2. The number of benzene rings is 2. The smallest absolute Gasteiger partial charge is 0.268 e. The molecule has 46 heavy (non-hydrogen) atoms. The molecule has 2 N–H and O–H groups in total. The summed E-state index contributed by atoms with van der Waals surface area (Å²) in [7, 11) is 0. The maximum atomic E-state index is 13.1. The van der Waals surface area contributed by atoms with E-state index in [2.05, 4.69) is 25.2 Å². The first-order valence-electron chi connectivity index (χ1n) is 14.6. The van der Waals surface area contributed by atoms with Crippen LogP contribution in [0.5, 0.6) is 0 Å². The summed E-state index contributed by atoms with van der Waals surface area (Å²) >= 11 is 18.6. The molecule has 12 heteroatoms. The molecular formula is C34H26Cl3FN6O2. The highest BCUT2D eigenvalue weighted by atomic mass is 35.5. The molecular weight excluding hydrogens is 650 g/mol. The number of hydrogen-bond donors (Lipinski definition) is 2. The Morgan fingerprint density at radius 3 is 1.76 bits per heavy atom. The summed E-state index contributed by atoms with van der Waals surface area (Å²) in [6.07, 6.45) is 3.16. The van der Waals surface area contributed by atoms with Crippen molar-refractivity contribution in [1.82, 2.24) is 29.7 Å². The SMILES string of the molecule is Cc1c2n(c3c(-c4ccc(F)nc4)cc(Cl)cc13)CCNC2=O.Cc1c2n(c3c(-c4ccnc(Cl)c4)cc(Cl)cc13)CCNC2=O. The molecule has 0 saturated carbocycles. The molecule has 2 amide bonds. The second-order valence-electron chi connectivity index (χ2n) is 11.2. The lowest BCUT2D eigenvalue weighted by Crippen LogP contribution is -2.35. The van der Waals surface area contributed by atoms with Gasteiger partial charge in [0.05, 0.1) is 11.0 Å². The van der Waals surface area contributed by atoms with E-state index in [4.69, 9.17) is 34.8 Å². The first-order valence-corrected chi connectivity index (χ1v) is 15.7. The minimum absolute atomic E-state index is 0.0419. The fourth-order valence-electron chi connectivity index (χ4n) is 6.54. The third-order valence-corrected chi connectivity index (χ3v) is 9.14. The van der Waals surface area contributed by atoms with Crippen molar-refractivity contribution < 1.29 is 14.0 Å². The van der Waals surface area contributed by atoms with Gasteiger partial charge in [0.15, 0.2) is 0 Å². The van der Waals surface area contributed by atoms with Gasteiger partial charge in [-0.1, -0.05) is 34.8 Å². The zero-order chi connectivity index (χ0) is 32.3. The number of aryl methyl sites for hydroxylation is 2. The Morgan fingerprint density at radius 1 is 0.717 bits per heavy atom. The zero-order valence-electron chi connectivity index (χ0n) is 24.7. The number of carbonyl (C=O) groups is 2. The molecule has 2 aliphatic rings. The lowest BCUT2D eigenvalue weighted by atomic mass is 10.0. The highest BCUT2D eigenvalue weighted by molar-refractivity contribution is 6.33. The molecule has 0 spiro atoms. The third kappa shape index (κ3) is 5.08. The number of pyridine rings is 2. The van der Waals surface area contributed by atoms with Crippen molar-refractivity contribution >= 4 is 68.4 Å². The van der Waals surface area contributed by atoms with E-state index in [1.807, 2.05) is 54.8 Å². The highest BCUT2D eigenvalue weighted by Gasteiger charge is 2.27. The van der Waals surface area contributed by atoms with Gasteiger partial charge in [-0.05, 0) is 79.1 Å². The van der Waals surface area contributed by atoms with Crippen LogP contribution < -0.4 is 10.6 Å². The maximum absolute atomic E-state index is 13.1. The number of halogens is 4. The van der Waals surface area contributed by atoms with Crippen LogP contribution in [0, 0.1) is 19.8 Å². The molecule has 6 heterocycles.